The molecule has 0 aliphatic carbocycles. The number of rotatable bonds is 4. The molecular weight excluding hydrogens is 329 g/mol. The summed E-state index contributed by atoms with van der Waals surface area (Å²) in [7, 11) is 0. The van der Waals surface area contributed by atoms with Crippen LogP contribution >= 0.6 is 11.3 Å². The number of aromatic carboxylic acids is 1. The second-order valence-electron chi connectivity index (χ2n) is 4.99. The smallest absolute Gasteiger partial charge is 0.339 e. The molecule has 4 nitrogen and oxygen atoms in total. The summed E-state index contributed by atoms with van der Waals surface area (Å²) in [6.07, 6.45) is 0. The molecule has 0 aliphatic heterocycles. The van der Waals surface area contributed by atoms with Gasteiger partial charge in [-0.2, -0.15) is 0 Å². The third-order valence-electron chi connectivity index (χ3n) is 3.42. The molecule has 3 rings (SSSR count). The molecule has 1 amide bonds. The lowest BCUT2D eigenvalue weighted by atomic mass is 10.0. The van der Waals surface area contributed by atoms with Gasteiger partial charge in [-0.25, -0.2) is 9.18 Å². The zero-order valence-corrected chi connectivity index (χ0v) is 13.1. The zero-order chi connectivity index (χ0) is 17.1. The van der Waals surface area contributed by atoms with E-state index in [2.05, 4.69) is 5.32 Å². The van der Waals surface area contributed by atoms with Crippen molar-refractivity contribution in [1.82, 2.24) is 0 Å². The highest BCUT2D eigenvalue weighted by Gasteiger charge is 2.21. The van der Waals surface area contributed by atoms with Crippen LogP contribution in [0.3, 0.4) is 0 Å². The van der Waals surface area contributed by atoms with E-state index in [1.54, 1.807) is 17.5 Å². The summed E-state index contributed by atoms with van der Waals surface area (Å²) >= 11 is 1.14. The summed E-state index contributed by atoms with van der Waals surface area (Å²) in [5, 5.41) is 14.1. The molecule has 0 fully saturated rings. The topological polar surface area (TPSA) is 66.4 Å². The fourth-order valence-corrected chi connectivity index (χ4v) is 3.23. The first-order valence-electron chi connectivity index (χ1n) is 7.03. The standard InChI is InChI=1S/C18H12FNO3S/c19-13-8-6-12(7-9-13)16(21)20-17-15(18(22)23)14(10-24-17)11-4-2-1-3-5-11/h1-10H,(H,20,21)(H,22,23). The number of carboxylic acid groups (broad SMARTS) is 1. The van der Waals surface area contributed by atoms with E-state index in [1.807, 2.05) is 18.2 Å². The van der Waals surface area contributed by atoms with Gasteiger partial charge >= 0.3 is 5.97 Å². The van der Waals surface area contributed by atoms with Crippen LogP contribution in [0.5, 0.6) is 0 Å². The molecule has 1 heterocycles. The molecule has 6 heteroatoms. The summed E-state index contributed by atoms with van der Waals surface area (Å²) in [5.41, 5.74) is 1.60. The molecular formula is C18H12FNO3S. The Morgan fingerprint density at radius 2 is 1.67 bits per heavy atom. The van der Waals surface area contributed by atoms with E-state index in [1.165, 1.54) is 24.3 Å². The number of nitrogens with one attached hydrogen (secondary N) is 1. The summed E-state index contributed by atoms with van der Waals surface area (Å²) in [6, 6.07) is 14.1. The molecule has 0 bridgehead atoms. The summed E-state index contributed by atoms with van der Waals surface area (Å²) in [4.78, 5) is 23.9. The van der Waals surface area contributed by atoms with Crippen LogP contribution in [-0.4, -0.2) is 17.0 Å². The predicted molar refractivity (Wildman–Crippen MR) is 91.1 cm³/mol. The normalized spacial score (nSPS) is 10.4. The van der Waals surface area contributed by atoms with Gasteiger partial charge in [0.05, 0.1) is 0 Å². The highest BCUT2D eigenvalue weighted by atomic mass is 32.1. The molecule has 0 spiro atoms. The van der Waals surface area contributed by atoms with Crippen molar-refractivity contribution in [3.05, 3.63) is 76.9 Å². The number of halogens is 1. The van der Waals surface area contributed by atoms with Crippen molar-refractivity contribution in [2.24, 2.45) is 0 Å². The molecule has 2 aromatic carbocycles. The van der Waals surface area contributed by atoms with Gasteiger partial charge in [0.2, 0.25) is 0 Å². The number of carbonyl (C=O) groups is 2. The number of amides is 1. The van der Waals surface area contributed by atoms with Gasteiger partial charge < -0.3 is 10.4 Å². The third-order valence-corrected chi connectivity index (χ3v) is 4.32. The van der Waals surface area contributed by atoms with E-state index in [0.29, 0.717) is 5.56 Å². The molecule has 1 aromatic heterocycles. The molecule has 2 N–H and O–H groups in total. The van der Waals surface area contributed by atoms with Gasteiger partial charge in [0, 0.05) is 16.5 Å². The maximum Gasteiger partial charge on any atom is 0.339 e. The van der Waals surface area contributed by atoms with Crippen LogP contribution in [-0.2, 0) is 0 Å². The predicted octanol–water partition coefficient (Wildman–Crippen LogP) is 4.50. The number of anilines is 1. The van der Waals surface area contributed by atoms with Crippen molar-refractivity contribution in [1.29, 1.82) is 0 Å². The first kappa shape index (κ1) is 15.9. The summed E-state index contributed by atoms with van der Waals surface area (Å²) in [6.45, 7) is 0. The van der Waals surface area contributed by atoms with Gasteiger partial charge in [-0.1, -0.05) is 30.3 Å². The lowest BCUT2D eigenvalue weighted by Crippen LogP contribution is -2.13. The average molecular weight is 341 g/mol. The molecule has 24 heavy (non-hydrogen) atoms. The molecule has 0 saturated carbocycles. The molecule has 120 valence electrons. The lowest BCUT2D eigenvalue weighted by Gasteiger charge is -2.06. The van der Waals surface area contributed by atoms with E-state index >= 15 is 0 Å². The Morgan fingerprint density at radius 1 is 1.00 bits per heavy atom. The van der Waals surface area contributed by atoms with Gasteiger partial charge in [0.15, 0.2) is 0 Å². The number of carbonyl (C=O) groups excluding carboxylic acids is 1. The Balaban J connectivity index is 1.94. The summed E-state index contributed by atoms with van der Waals surface area (Å²) < 4.78 is 12.9. The van der Waals surface area contributed by atoms with Crippen molar-refractivity contribution >= 4 is 28.2 Å². The van der Waals surface area contributed by atoms with Crippen LogP contribution in [0.2, 0.25) is 0 Å². The van der Waals surface area contributed by atoms with E-state index in [9.17, 15) is 19.1 Å². The highest BCUT2D eigenvalue weighted by molar-refractivity contribution is 7.15. The van der Waals surface area contributed by atoms with E-state index in [0.717, 1.165) is 16.9 Å². The maximum atomic E-state index is 12.9. The zero-order valence-electron chi connectivity index (χ0n) is 12.3. The first-order chi connectivity index (χ1) is 11.6. The van der Waals surface area contributed by atoms with Crippen LogP contribution in [0.1, 0.15) is 20.7 Å². The maximum absolute atomic E-state index is 12.9. The fraction of sp³-hybridized carbons (Fsp3) is 0. The van der Waals surface area contributed by atoms with Crippen molar-refractivity contribution in [3.8, 4) is 11.1 Å². The largest absolute Gasteiger partial charge is 0.478 e. The van der Waals surface area contributed by atoms with Crippen LogP contribution < -0.4 is 5.32 Å². The third kappa shape index (κ3) is 3.18. The van der Waals surface area contributed by atoms with Gasteiger partial charge in [-0.3, -0.25) is 4.79 Å². The minimum atomic E-state index is -1.12. The van der Waals surface area contributed by atoms with Crippen molar-refractivity contribution < 1.29 is 19.1 Å². The average Bonchev–Trinajstić information content (AvgIpc) is 3.00. The van der Waals surface area contributed by atoms with Crippen LogP contribution in [0.25, 0.3) is 11.1 Å². The van der Waals surface area contributed by atoms with Gasteiger partial charge in [-0.05, 0) is 29.8 Å². The second-order valence-corrected chi connectivity index (χ2v) is 5.87. The van der Waals surface area contributed by atoms with Gasteiger partial charge in [0.1, 0.15) is 16.4 Å². The Labute approximate surface area is 141 Å². The van der Waals surface area contributed by atoms with E-state index < -0.39 is 17.7 Å². The monoisotopic (exact) mass is 341 g/mol. The molecule has 0 unspecified atom stereocenters. The summed E-state index contributed by atoms with van der Waals surface area (Å²) in [5.74, 6) is -2.05. The van der Waals surface area contributed by atoms with Crippen LogP contribution in [0.15, 0.2) is 60.0 Å². The number of benzene rings is 2. The highest BCUT2D eigenvalue weighted by Crippen LogP contribution is 2.35. The molecule has 0 saturated heterocycles. The van der Waals surface area contributed by atoms with Crippen molar-refractivity contribution in [3.63, 3.8) is 0 Å². The Morgan fingerprint density at radius 3 is 2.29 bits per heavy atom. The Bertz CT molecular complexity index is 888. The second kappa shape index (κ2) is 6.64. The molecule has 0 atom stereocenters. The Kier molecular flexibility index (Phi) is 4.39. The lowest BCUT2D eigenvalue weighted by molar-refractivity contribution is 0.0699. The van der Waals surface area contributed by atoms with Gasteiger partial charge in [-0.15, -0.1) is 11.3 Å². The molecule has 0 radical (unpaired) electrons. The van der Waals surface area contributed by atoms with E-state index in [4.69, 9.17) is 0 Å². The number of hydrogen-bond acceptors (Lipinski definition) is 3. The number of thiophene rings is 1. The van der Waals surface area contributed by atoms with Gasteiger partial charge in [0.25, 0.3) is 5.91 Å². The first-order valence-corrected chi connectivity index (χ1v) is 7.91. The number of carboxylic acids is 1. The minimum absolute atomic E-state index is 0.0432. The quantitative estimate of drug-likeness (QED) is 0.734. The fourth-order valence-electron chi connectivity index (χ4n) is 2.27. The minimum Gasteiger partial charge on any atom is -0.478 e. The Hall–Kier alpha value is -2.99. The van der Waals surface area contributed by atoms with Crippen LogP contribution in [0, 0.1) is 5.82 Å². The van der Waals surface area contributed by atoms with Crippen molar-refractivity contribution in [2.45, 2.75) is 0 Å². The van der Waals surface area contributed by atoms with Crippen molar-refractivity contribution in [2.75, 3.05) is 5.32 Å². The van der Waals surface area contributed by atoms with E-state index in [-0.39, 0.29) is 16.1 Å². The SMILES string of the molecule is O=C(Nc1scc(-c2ccccc2)c1C(=O)O)c1ccc(F)cc1. The molecule has 0 aliphatic rings. The van der Waals surface area contributed by atoms with Crippen LogP contribution in [0.4, 0.5) is 9.39 Å². The number of hydrogen-bond donors (Lipinski definition) is 2. The molecule has 3 aromatic rings.